The van der Waals surface area contributed by atoms with Crippen molar-refractivity contribution in [3.05, 3.63) is 0 Å². The predicted octanol–water partition coefficient (Wildman–Crippen LogP) is 2.19. The third-order valence-electron chi connectivity index (χ3n) is 2.62. The first-order valence-electron chi connectivity index (χ1n) is 5.35. The molecule has 1 fully saturated rings. The monoisotopic (exact) mass is 207 g/mol. The van der Waals surface area contributed by atoms with Gasteiger partial charge in [-0.15, -0.1) is 0 Å². The van der Waals surface area contributed by atoms with E-state index in [0.29, 0.717) is 6.04 Å². The van der Waals surface area contributed by atoms with Gasteiger partial charge in [0, 0.05) is 6.04 Å². The van der Waals surface area contributed by atoms with Gasteiger partial charge in [-0.3, -0.25) is 0 Å². The number of ether oxygens (including phenoxy) is 1. The van der Waals surface area contributed by atoms with Crippen LogP contribution in [0.3, 0.4) is 0 Å². The van der Waals surface area contributed by atoms with Gasteiger partial charge in [-0.25, -0.2) is 8.78 Å². The maximum absolute atomic E-state index is 11.8. The molecule has 1 N–H and O–H groups in total. The highest BCUT2D eigenvalue weighted by atomic mass is 19.3. The Balaban J connectivity index is 2.09. The van der Waals surface area contributed by atoms with E-state index in [2.05, 4.69) is 12.2 Å². The summed E-state index contributed by atoms with van der Waals surface area (Å²) in [6, 6.07) is 0.561. The number of hydrogen-bond donors (Lipinski definition) is 1. The fraction of sp³-hybridized carbons (Fsp3) is 1.00. The topological polar surface area (TPSA) is 21.3 Å². The van der Waals surface area contributed by atoms with Crippen molar-refractivity contribution in [1.82, 2.24) is 5.32 Å². The first-order chi connectivity index (χ1) is 6.72. The minimum atomic E-state index is -2.33. The smallest absolute Gasteiger partial charge is 0.261 e. The highest BCUT2D eigenvalue weighted by Gasteiger charge is 2.21. The van der Waals surface area contributed by atoms with Crippen molar-refractivity contribution >= 4 is 0 Å². The van der Waals surface area contributed by atoms with E-state index in [0.717, 1.165) is 32.2 Å². The minimum absolute atomic E-state index is 0.0545. The van der Waals surface area contributed by atoms with Gasteiger partial charge < -0.3 is 10.1 Å². The lowest BCUT2D eigenvalue weighted by Crippen LogP contribution is -2.35. The molecule has 14 heavy (non-hydrogen) atoms. The number of rotatable bonds is 5. The molecule has 1 rings (SSSR count). The van der Waals surface area contributed by atoms with Gasteiger partial charge in [0.2, 0.25) is 0 Å². The Morgan fingerprint density at radius 1 is 1.29 bits per heavy atom. The van der Waals surface area contributed by atoms with E-state index in [4.69, 9.17) is 4.74 Å². The molecule has 0 aromatic rings. The third-order valence-corrected chi connectivity index (χ3v) is 2.62. The van der Waals surface area contributed by atoms with Crippen LogP contribution in [0, 0.1) is 0 Å². The molecular formula is C10H19F2NO. The van der Waals surface area contributed by atoms with Crippen molar-refractivity contribution in [2.24, 2.45) is 0 Å². The first-order valence-corrected chi connectivity index (χ1v) is 5.35. The number of alkyl halides is 2. The van der Waals surface area contributed by atoms with Crippen molar-refractivity contribution in [1.29, 1.82) is 0 Å². The SMILES string of the molecule is CCNC1CCC(OCC(F)F)CC1. The van der Waals surface area contributed by atoms with Crippen LogP contribution in [-0.4, -0.2) is 31.7 Å². The summed E-state index contributed by atoms with van der Waals surface area (Å²) in [5.41, 5.74) is 0. The lowest BCUT2D eigenvalue weighted by Gasteiger charge is -2.28. The maximum Gasteiger partial charge on any atom is 0.261 e. The molecule has 2 nitrogen and oxygen atoms in total. The zero-order valence-corrected chi connectivity index (χ0v) is 8.64. The molecule has 0 spiro atoms. The second kappa shape index (κ2) is 6.30. The molecule has 1 aliphatic carbocycles. The second-order valence-corrected chi connectivity index (χ2v) is 3.76. The molecule has 0 saturated heterocycles. The Kier molecular flexibility index (Phi) is 5.33. The lowest BCUT2D eigenvalue weighted by atomic mass is 9.93. The summed E-state index contributed by atoms with van der Waals surface area (Å²) in [5, 5.41) is 3.37. The predicted molar refractivity (Wildman–Crippen MR) is 51.7 cm³/mol. The van der Waals surface area contributed by atoms with E-state index in [1.807, 2.05) is 0 Å². The van der Waals surface area contributed by atoms with Gasteiger partial charge in [0.25, 0.3) is 6.43 Å². The summed E-state index contributed by atoms with van der Waals surface area (Å²) in [6.07, 6.45) is 1.62. The van der Waals surface area contributed by atoms with Gasteiger partial charge in [-0.05, 0) is 32.2 Å². The van der Waals surface area contributed by atoms with Crippen LogP contribution in [0.25, 0.3) is 0 Å². The van der Waals surface area contributed by atoms with Crippen LogP contribution in [0.2, 0.25) is 0 Å². The van der Waals surface area contributed by atoms with Crippen LogP contribution in [0.15, 0.2) is 0 Å². The maximum atomic E-state index is 11.8. The Morgan fingerprint density at radius 2 is 1.93 bits per heavy atom. The van der Waals surface area contributed by atoms with Crippen LogP contribution >= 0.6 is 0 Å². The minimum Gasteiger partial charge on any atom is -0.372 e. The molecule has 0 bridgehead atoms. The summed E-state index contributed by atoms with van der Waals surface area (Å²) < 4.78 is 28.8. The van der Waals surface area contributed by atoms with E-state index in [-0.39, 0.29) is 6.10 Å². The van der Waals surface area contributed by atoms with Crippen molar-refractivity contribution in [2.45, 2.75) is 51.2 Å². The van der Waals surface area contributed by atoms with Crippen LogP contribution in [0.1, 0.15) is 32.6 Å². The second-order valence-electron chi connectivity index (χ2n) is 3.76. The summed E-state index contributed by atoms with van der Waals surface area (Å²) in [6.45, 7) is 2.66. The molecule has 0 amide bonds. The molecule has 0 aromatic carbocycles. The fourth-order valence-electron chi connectivity index (χ4n) is 1.93. The summed E-state index contributed by atoms with van der Waals surface area (Å²) in [5.74, 6) is 0. The van der Waals surface area contributed by atoms with Crippen molar-refractivity contribution < 1.29 is 13.5 Å². The Hall–Kier alpha value is -0.220. The third kappa shape index (κ3) is 4.33. The number of nitrogens with one attached hydrogen (secondary N) is 1. The normalized spacial score (nSPS) is 28.3. The van der Waals surface area contributed by atoms with Crippen LogP contribution in [-0.2, 0) is 4.74 Å². The largest absolute Gasteiger partial charge is 0.372 e. The van der Waals surface area contributed by atoms with Gasteiger partial charge >= 0.3 is 0 Å². The molecule has 0 radical (unpaired) electrons. The molecule has 0 unspecified atom stereocenters. The molecule has 0 aliphatic heterocycles. The summed E-state index contributed by atoms with van der Waals surface area (Å²) in [7, 11) is 0. The van der Waals surface area contributed by atoms with Crippen molar-refractivity contribution in [3.8, 4) is 0 Å². The fourth-order valence-corrected chi connectivity index (χ4v) is 1.93. The Bertz CT molecular complexity index is 147. The highest BCUT2D eigenvalue weighted by Crippen LogP contribution is 2.21. The molecular weight excluding hydrogens is 188 g/mol. The van der Waals surface area contributed by atoms with E-state index in [1.54, 1.807) is 0 Å². The molecule has 4 heteroatoms. The van der Waals surface area contributed by atoms with E-state index < -0.39 is 13.0 Å². The first kappa shape index (κ1) is 11.9. The number of hydrogen-bond acceptors (Lipinski definition) is 2. The quantitative estimate of drug-likeness (QED) is 0.746. The Labute approximate surface area is 84.0 Å². The van der Waals surface area contributed by atoms with Gasteiger partial charge in [-0.2, -0.15) is 0 Å². The van der Waals surface area contributed by atoms with E-state index >= 15 is 0 Å². The van der Waals surface area contributed by atoms with Gasteiger partial charge in [0.05, 0.1) is 6.10 Å². The number of halogens is 2. The van der Waals surface area contributed by atoms with Crippen LogP contribution in [0.4, 0.5) is 8.78 Å². The molecule has 0 aromatic heterocycles. The van der Waals surface area contributed by atoms with Crippen LogP contribution < -0.4 is 5.32 Å². The van der Waals surface area contributed by atoms with Gasteiger partial charge in [0.1, 0.15) is 6.61 Å². The lowest BCUT2D eigenvalue weighted by molar-refractivity contribution is -0.0391. The average Bonchev–Trinajstić information content (AvgIpc) is 2.17. The molecule has 0 atom stereocenters. The zero-order valence-electron chi connectivity index (χ0n) is 8.64. The van der Waals surface area contributed by atoms with Gasteiger partial charge in [0.15, 0.2) is 0 Å². The van der Waals surface area contributed by atoms with E-state index in [9.17, 15) is 8.78 Å². The molecule has 1 aliphatic rings. The van der Waals surface area contributed by atoms with E-state index in [1.165, 1.54) is 0 Å². The average molecular weight is 207 g/mol. The standard InChI is InChI=1S/C10H19F2NO/c1-2-13-8-3-5-9(6-4-8)14-7-10(11)12/h8-10,13H,2-7H2,1H3. The van der Waals surface area contributed by atoms with Crippen molar-refractivity contribution in [3.63, 3.8) is 0 Å². The molecule has 1 saturated carbocycles. The molecule has 84 valence electrons. The summed E-state index contributed by atoms with van der Waals surface area (Å²) in [4.78, 5) is 0. The van der Waals surface area contributed by atoms with Crippen molar-refractivity contribution in [2.75, 3.05) is 13.2 Å². The highest BCUT2D eigenvalue weighted by molar-refractivity contribution is 4.77. The van der Waals surface area contributed by atoms with Gasteiger partial charge in [-0.1, -0.05) is 6.92 Å². The van der Waals surface area contributed by atoms with Crippen LogP contribution in [0.5, 0.6) is 0 Å². The zero-order chi connectivity index (χ0) is 10.4. The molecule has 0 heterocycles. The summed E-state index contributed by atoms with van der Waals surface area (Å²) >= 11 is 0. The Morgan fingerprint density at radius 3 is 2.43 bits per heavy atom.